The fourth-order valence-electron chi connectivity index (χ4n) is 4.43. The Hall–Kier alpha value is -2.71. The molecule has 0 aromatic heterocycles. The van der Waals surface area contributed by atoms with Crippen molar-refractivity contribution in [3.05, 3.63) is 35.4 Å². The first-order chi connectivity index (χ1) is 14.5. The predicted molar refractivity (Wildman–Crippen MR) is 107 cm³/mol. The zero-order chi connectivity index (χ0) is 23.0. The lowest BCUT2D eigenvalue weighted by Gasteiger charge is -2.47. The van der Waals surface area contributed by atoms with E-state index in [1.807, 2.05) is 0 Å². The Labute approximate surface area is 180 Å². The van der Waals surface area contributed by atoms with Crippen LogP contribution < -0.4 is 0 Å². The quantitative estimate of drug-likeness (QED) is 0.675. The second-order valence-corrected chi connectivity index (χ2v) is 9.06. The molecule has 7 nitrogen and oxygen atoms in total. The maximum Gasteiger partial charge on any atom is 0.411 e. The molecule has 1 aromatic carbocycles. The van der Waals surface area contributed by atoms with Crippen molar-refractivity contribution in [1.82, 2.24) is 9.80 Å². The molecule has 1 aliphatic heterocycles. The van der Waals surface area contributed by atoms with Gasteiger partial charge in [-0.25, -0.2) is 18.4 Å². The summed E-state index contributed by atoms with van der Waals surface area (Å²) in [6.07, 6.45) is 1.58. The van der Waals surface area contributed by atoms with Gasteiger partial charge in [0.1, 0.15) is 29.3 Å². The van der Waals surface area contributed by atoms with Gasteiger partial charge in [-0.3, -0.25) is 9.69 Å². The summed E-state index contributed by atoms with van der Waals surface area (Å²) in [4.78, 5) is 41.3. The minimum atomic E-state index is -1.14. The second-order valence-electron chi connectivity index (χ2n) is 9.06. The molecule has 1 aromatic rings. The van der Waals surface area contributed by atoms with E-state index in [2.05, 4.69) is 0 Å². The van der Waals surface area contributed by atoms with Crippen molar-refractivity contribution >= 4 is 18.0 Å². The van der Waals surface area contributed by atoms with Crippen molar-refractivity contribution in [3.8, 4) is 0 Å². The molecule has 1 heterocycles. The Morgan fingerprint density at radius 1 is 1.10 bits per heavy atom. The van der Waals surface area contributed by atoms with Crippen LogP contribution in [0.1, 0.15) is 58.1 Å². The third-order valence-corrected chi connectivity index (χ3v) is 5.75. The Bertz CT molecular complexity index is 857. The van der Waals surface area contributed by atoms with E-state index in [1.165, 1.54) is 12.0 Å². The molecule has 1 saturated heterocycles. The van der Waals surface area contributed by atoms with Crippen molar-refractivity contribution in [2.45, 2.75) is 63.6 Å². The molecule has 31 heavy (non-hydrogen) atoms. The molecule has 0 radical (unpaired) electrons. The molecule has 0 spiro atoms. The summed E-state index contributed by atoms with van der Waals surface area (Å²) in [7, 11) is 1.27. The van der Waals surface area contributed by atoms with Gasteiger partial charge < -0.3 is 14.4 Å². The average Bonchev–Trinajstić information content (AvgIpc) is 3.15. The van der Waals surface area contributed by atoms with E-state index in [0.717, 1.165) is 35.9 Å². The molecule has 0 N–H and O–H groups in total. The topological polar surface area (TPSA) is 76.2 Å². The maximum atomic E-state index is 14.0. The van der Waals surface area contributed by atoms with Crippen LogP contribution in [0, 0.1) is 11.6 Å². The minimum Gasteiger partial charge on any atom is -0.467 e. The minimum absolute atomic E-state index is 0.101. The number of halogens is 2. The molecule has 9 heteroatoms. The molecular weight excluding hydrogens is 410 g/mol. The number of rotatable bonds is 3. The number of hydrogen-bond donors (Lipinski definition) is 0. The highest BCUT2D eigenvalue weighted by Gasteiger charge is 2.53. The third-order valence-electron chi connectivity index (χ3n) is 5.75. The Morgan fingerprint density at radius 3 is 2.19 bits per heavy atom. The van der Waals surface area contributed by atoms with E-state index < -0.39 is 46.8 Å². The van der Waals surface area contributed by atoms with Gasteiger partial charge in [-0.2, -0.15) is 0 Å². The van der Waals surface area contributed by atoms with Gasteiger partial charge in [0.2, 0.25) is 5.91 Å². The summed E-state index contributed by atoms with van der Waals surface area (Å²) < 4.78 is 38.4. The third kappa shape index (κ3) is 4.65. The largest absolute Gasteiger partial charge is 0.467 e. The molecule has 1 unspecified atom stereocenters. The van der Waals surface area contributed by atoms with E-state index in [4.69, 9.17) is 9.47 Å². The summed E-state index contributed by atoms with van der Waals surface area (Å²) in [6.45, 7) is 4.58. The van der Waals surface area contributed by atoms with Crippen LogP contribution in [0.4, 0.5) is 13.6 Å². The number of nitrogens with zero attached hydrogens (tertiary/aromatic N) is 2. The highest BCUT2D eigenvalue weighted by molar-refractivity contribution is 5.91. The van der Waals surface area contributed by atoms with E-state index in [9.17, 15) is 23.2 Å². The number of esters is 1. The maximum absolute atomic E-state index is 14.0. The van der Waals surface area contributed by atoms with Gasteiger partial charge in [0.05, 0.1) is 13.2 Å². The van der Waals surface area contributed by atoms with Gasteiger partial charge in [0, 0.05) is 12.6 Å². The number of carbonyl (C=O) groups is 3. The van der Waals surface area contributed by atoms with Crippen LogP contribution >= 0.6 is 0 Å². The molecule has 0 bridgehead atoms. The molecule has 1 atom stereocenters. The molecule has 1 saturated carbocycles. The standard InChI is InChI=1S/C22H28F2N2O5/c1-21(2,3)31-20(29)25-13-18(27)26(22(19(28)30-4)7-5-6-8-22)12-17(25)14-9-15(23)11-16(24)10-14/h9-11,17H,5-8,12-13H2,1-4H3. The summed E-state index contributed by atoms with van der Waals surface area (Å²) in [6, 6.07) is 2.09. The SMILES string of the molecule is COC(=O)C1(N2CC(c3cc(F)cc(F)c3)N(C(=O)OC(C)(C)C)CC2=O)CCCC1. The van der Waals surface area contributed by atoms with E-state index in [0.29, 0.717) is 12.8 Å². The van der Waals surface area contributed by atoms with Gasteiger partial charge in [0.25, 0.3) is 0 Å². The number of piperazine rings is 1. The first-order valence-corrected chi connectivity index (χ1v) is 10.3. The molecule has 2 fully saturated rings. The summed E-state index contributed by atoms with van der Waals surface area (Å²) in [5.74, 6) is -2.56. The molecule has 2 aliphatic rings. The first kappa shape index (κ1) is 23.0. The molecule has 2 amide bonds. The van der Waals surface area contributed by atoms with E-state index in [-0.39, 0.29) is 18.7 Å². The highest BCUT2D eigenvalue weighted by Crippen LogP contribution is 2.40. The van der Waals surface area contributed by atoms with Gasteiger partial charge in [-0.1, -0.05) is 12.8 Å². The van der Waals surface area contributed by atoms with Gasteiger partial charge in [-0.15, -0.1) is 0 Å². The van der Waals surface area contributed by atoms with Gasteiger partial charge >= 0.3 is 12.1 Å². The van der Waals surface area contributed by atoms with Crippen molar-refractivity contribution in [3.63, 3.8) is 0 Å². The van der Waals surface area contributed by atoms with Gasteiger partial charge in [0.15, 0.2) is 0 Å². The highest BCUT2D eigenvalue weighted by atomic mass is 19.1. The van der Waals surface area contributed by atoms with Crippen LogP contribution in [0.3, 0.4) is 0 Å². The summed E-state index contributed by atoms with van der Waals surface area (Å²) in [5.41, 5.74) is -1.79. The normalized spacial score (nSPS) is 21.2. The average molecular weight is 438 g/mol. The van der Waals surface area contributed by atoms with Crippen molar-refractivity contribution < 1.29 is 32.6 Å². The Balaban J connectivity index is 2.03. The number of ether oxygens (including phenoxy) is 2. The monoisotopic (exact) mass is 438 g/mol. The Kier molecular flexibility index (Phi) is 6.25. The number of amides is 2. The zero-order valence-electron chi connectivity index (χ0n) is 18.2. The number of benzene rings is 1. The number of methoxy groups -OCH3 is 1. The smallest absolute Gasteiger partial charge is 0.411 e. The fraction of sp³-hybridized carbons (Fsp3) is 0.591. The van der Waals surface area contributed by atoms with Crippen molar-refractivity contribution in [2.75, 3.05) is 20.2 Å². The van der Waals surface area contributed by atoms with Crippen LogP contribution in [-0.2, 0) is 19.1 Å². The zero-order valence-corrected chi connectivity index (χ0v) is 18.2. The first-order valence-electron chi connectivity index (χ1n) is 10.3. The fourth-order valence-corrected chi connectivity index (χ4v) is 4.43. The van der Waals surface area contributed by atoms with Crippen molar-refractivity contribution in [2.24, 2.45) is 0 Å². The van der Waals surface area contributed by atoms with E-state index in [1.54, 1.807) is 20.8 Å². The van der Waals surface area contributed by atoms with Crippen LogP contribution in [0.2, 0.25) is 0 Å². The second kappa shape index (κ2) is 8.43. The van der Waals surface area contributed by atoms with Crippen LogP contribution in [0.15, 0.2) is 18.2 Å². The lowest BCUT2D eigenvalue weighted by Crippen LogP contribution is -2.64. The summed E-state index contributed by atoms with van der Waals surface area (Å²) >= 11 is 0. The predicted octanol–water partition coefficient (Wildman–Crippen LogP) is 3.57. The molecule has 3 rings (SSSR count). The van der Waals surface area contributed by atoms with E-state index >= 15 is 0 Å². The van der Waals surface area contributed by atoms with Gasteiger partial charge in [-0.05, 0) is 51.3 Å². The number of carbonyl (C=O) groups excluding carboxylic acids is 3. The lowest BCUT2D eigenvalue weighted by molar-refractivity contribution is -0.166. The molecular formula is C22H28F2N2O5. The lowest BCUT2D eigenvalue weighted by atomic mass is 9.91. The van der Waals surface area contributed by atoms with Crippen molar-refractivity contribution in [1.29, 1.82) is 0 Å². The Morgan fingerprint density at radius 2 is 1.68 bits per heavy atom. The molecule has 1 aliphatic carbocycles. The molecule has 170 valence electrons. The number of hydrogen-bond acceptors (Lipinski definition) is 5. The van der Waals surface area contributed by atoms with Crippen LogP contribution in [0.5, 0.6) is 0 Å². The summed E-state index contributed by atoms with van der Waals surface area (Å²) in [5, 5.41) is 0. The van der Waals surface area contributed by atoms with Crippen LogP contribution in [-0.4, -0.2) is 59.1 Å². The van der Waals surface area contributed by atoms with Crippen LogP contribution in [0.25, 0.3) is 0 Å².